The Labute approximate surface area is 178 Å². The van der Waals surface area contributed by atoms with E-state index in [1.165, 1.54) is 28.1 Å². The van der Waals surface area contributed by atoms with Crippen LogP contribution in [0.2, 0.25) is 13.1 Å². The van der Waals surface area contributed by atoms with E-state index in [0.29, 0.717) is 3.63 Å². The molecule has 1 aromatic rings. The van der Waals surface area contributed by atoms with Gasteiger partial charge in [-0.3, -0.25) is 4.99 Å². The van der Waals surface area contributed by atoms with Gasteiger partial charge in [0.15, 0.2) is 0 Å². The van der Waals surface area contributed by atoms with E-state index in [4.69, 9.17) is 0 Å². The molecular formula is C20H20Cl2NSiZr. The number of aliphatic imine (C=N–C) groups is 1. The van der Waals surface area contributed by atoms with Crippen molar-refractivity contribution in [1.82, 2.24) is 0 Å². The van der Waals surface area contributed by atoms with E-state index in [9.17, 15) is 0 Å². The summed E-state index contributed by atoms with van der Waals surface area (Å²) in [4.78, 5) is 4.67. The first-order valence-electron chi connectivity index (χ1n) is 8.28. The molecule has 5 heteroatoms. The Kier molecular flexibility index (Phi) is 6.37. The molecule has 2 aliphatic heterocycles. The molecule has 2 aliphatic carbocycles. The Hall–Kier alpha value is -0.470. The van der Waals surface area contributed by atoms with Crippen LogP contribution >= 0.6 is 0 Å². The third kappa shape index (κ3) is 3.18. The van der Waals surface area contributed by atoms with Gasteiger partial charge in [-0.15, -0.1) is 0 Å². The van der Waals surface area contributed by atoms with Gasteiger partial charge < -0.3 is 24.8 Å². The van der Waals surface area contributed by atoms with E-state index >= 15 is 0 Å². The first-order valence-corrected chi connectivity index (χ1v) is 12.7. The molecule has 5 rings (SSSR count). The molecule has 0 spiro atoms. The fourth-order valence-electron chi connectivity index (χ4n) is 3.94. The number of hydrogen-bond acceptors (Lipinski definition) is 1. The fourth-order valence-corrected chi connectivity index (χ4v) is 8.12. The van der Waals surface area contributed by atoms with Crippen LogP contribution in [0.25, 0.3) is 6.08 Å². The Balaban J connectivity index is 0.000000172. The SMILES string of the molecule is CCC1=NC2=CC=C3C2=C1[Si]3(C)C.[Cl-].[Cl-].[Zr+2][CH]1C=Cc2ccccc21. The van der Waals surface area contributed by atoms with Crippen LogP contribution in [0.3, 0.4) is 0 Å². The van der Waals surface area contributed by atoms with E-state index in [1.807, 2.05) is 0 Å². The van der Waals surface area contributed by atoms with E-state index in [-0.39, 0.29) is 24.8 Å². The summed E-state index contributed by atoms with van der Waals surface area (Å²) in [6.45, 7) is 7.08. The van der Waals surface area contributed by atoms with E-state index in [0.717, 1.165) is 6.42 Å². The summed E-state index contributed by atoms with van der Waals surface area (Å²) < 4.78 is 0.711. The standard InChI is InChI=1S/C11H13NSi.C9H7.2ClH.Zr/c1-4-7-11-10-8(12-7)5-6-9(10)13(11,2)3;1-2-5-9-7-3-6-8(9)4-1;;;/h5-6H,4H2,1-3H3;1-7H;2*1H;/q;;;;+2/p-2. The molecule has 0 bridgehead atoms. The van der Waals surface area contributed by atoms with Crippen LogP contribution in [-0.4, -0.2) is 13.8 Å². The second kappa shape index (κ2) is 7.64. The molecule has 0 fully saturated rings. The maximum absolute atomic E-state index is 4.67. The molecule has 1 aromatic carbocycles. The fraction of sp³-hybridized carbons (Fsp3) is 0.250. The first kappa shape index (κ1) is 20.8. The van der Waals surface area contributed by atoms with Gasteiger partial charge in [-0.25, -0.2) is 0 Å². The summed E-state index contributed by atoms with van der Waals surface area (Å²) in [5.74, 6) is 0. The third-order valence-corrected chi connectivity index (χ3v) is 9.95. The summed E-state index contributed by atoms with van der Waals surface area (Å²) in [5, 5.41) is 3.27. The summed E-state index contributed by atoms with van der Waals surface area (Å²) in [6.07, 6.45) is 10.1. The van der Waals surface area contributed by atoms with E-state index in [1.54, 1.807) is 35.1 Å². The zero-order valence-corrected chi connectivity index (χ0v) is 19.6. The summed E-state index contributed by atoms with van der Waals surface area (Å²) >= 11 is 1.59. The molecule has 0 aromatic heterocycles. The van der Waals surface area contributed by atoms with Gasteiger partial charge in [-0.1, -0.05) is 26.1 Å². The Morgan fingerprint density at radius 1 is 1.12 bits per heavy atom. The molecule has 1 nitrogen and oxygen atoms in total. The molecule has 25 heavy (non-hydrogen) atoms. The predicted octanol–water partition coefficient (Wildman–Crippen LogP) is -0.919. The van der Waals surface area contributed by atoms with E-state index < -0.39 is 8.07 Å². The van der Waals surface area contributed by atoms with Gasteiger partial charge in [-0.05, 0) is 22.9 Å². The van der Waals surface area contributed by atoms with Crippen molar-refractivity contribution in [2.24, 2.45) is 4.99 Å². The number of rotatable bonds is 1. The maximum atomic E-state index is 4.67. The molecule has 0 radical (unpaired) electrons. The Bertz CT molecular complexity index is 862. The second-order valence-corrected chi connectivity index (χ2v) is 12.7. The average molecular weight is 465 g/mol. The van der Waals surface area contributed by atoms with Gasteiger partial charge >= 0.3 is 75.9 Å². The van der Waals surface area contributed by atoms with Crippen LogP contribution in [-0.2, 0) is 24.7 Å². The van der Waals surface area contributed by atoms with Crippen molar-refractivity contribution < 1.29 is 49.5 Å². The normalized spacial score (nSPS) is 22.3. The topological polar surface area (TPSA) is 12.4 Å². The summed E-state index contributed by atoms with van der Waals surface area (Å²) in [5.41, 5.74) is 7.03. The minimum atomic E-state index is -1.19. The third-order valence-electron chi connectivity index (χ3n) is 5.16. The van der Waals surface area contributed by atoms with Crippen molar-refractivity contribution in [3.63, 3.8) is 0 Å². The number of allylic oxidation sites excluding steroid dienone is 5. The van der Waals surface area contributed by atoms with Crippen LogP contribution in [0.4, 0.5) is 0 Å². The molecule has 1 atom stereocenters. The monoisotopic (exact) mass is 462 g/mol. The summed E-state index contributed by atoms with van der Waals surface area (Å²) in [6, 6.07) is 8.60. The van der Waals surface area contributed by atoms with Gasteiger partial charge in [0.05, 0.1) is 5.70 Å². The van der Waals surface area contributed by atoms with Crippen LogP contribution in [0.15, 0.2) is 69.1 Å². The van der Waals surface area contributed by atoms with Crippen LogP contribution in [0, 0.1) is 0 Å². The number of hydrogen-bond donors (Lipinski definition) is 0. The molecule has 0 N–H and O–H groups in total. The predicted molar refractivity (Wildman–Crippen MR) is 96.6 cm³/mol. The Morgan fingerprint density at radius 3 is 2.52 bits per heavy atom. The van der Waals surface area contributed by atoms with Crippen LogP contribution in [0.1, 0.15) is 28.1 Å². The molecule has 1 unspecified atom stereocenters. The van der Waals surface area contributed by atoms with Crippen molar-refractivity contribution in [2.45, 2.75) is 30.1 Å². The zero-order chi connectivity index (χ0) is 16.2. The molecular weight excluding hydrogens is 444 g/mol. The van der Waals surface area contributed by atoms with Crippen molar-refractivity contribution in [1.29, 1.82) is 0 Å². The zero-order valence-electron chi connectivity index (χ0n) is 14.6. The number of halogens is 2. The van der Waals surface area contributed by atoms with Crippen molar-refractivity contribution in [3.8, 4) is 0 Å². The van der Waals surface area contributed by atoms with Gasteiger partial charge in [0, 0.05) is 11.3 Å². The van der Waals surface area contributed by atoms with Gasteiger partial charge in [0.25, 0.3) is 0 Å². The summed E-state index contributed by atoms with van der Waals surface area (Å²) in [7, 11) is -1.19. The number of nitrogens with zero attached hydrogens (tertiary/aromatic N) is 1. The minimum absolute atomic E-state index is 0. The molecule has 2 heterocycles. The van der Waals surface area contributed by atoms with Gasteiger partial charge in [0.1, 0.15) is 8.07 Å². The van der Waals surface area contributed by atoms with Crippen molar-refractivity contribution in [3.05, 3.63) is 75.3 Å². The van der Waals surface area contributed by atoms with Crippen molar-refractivity contribution in [2.75, 3.05) is 0 Å². The second-order valence-electron chi connectivity index (χ2n) is 6.89. The molecule has 0 saturated heterocycles. The van der Waals surface area contributed by atoms with Crippen LogP contribution < -0.4 is 24.8 Å². The van der Waals surface area contributed by atoms with Crippen LogP contribution in [0.5, 0.6) is 0 Å². The molecule has 0 saturated carbocycles. The van der Waals surface area contributed by atoms with Gasteiger partial charge in [-0.2, -0.15) is 0 Å². The number of fused-ring (bicyclic) bond motifs is 1. The molecule has 0 amide bonds. The molecule has 4 aliphatic rings. The molecule has 127 valence electrons. The van der Waals surface area contributed by atoms with Gasteiger partial charge in [0.2, 0.25) is 0 Å². The number of benzene rings is 1. The van der Waals surface area contributed by atoms with Crippen molar-refractivity contribution >= 4 is 19.9 Å². The average Bonchev–Trinajstić information content (AvgIpc) is 3.18. The van der Waals surface area contributed by atoms with E-state index in [2.05, 4.69) is 73.6 Å². The Morgan fingerprint density at radius 2 is 1.84 bits per heavy atom. The first-order chi connectivity index (χ1) is 11.0. The quantitative estimate of drug-likeness (QED) is 0.477.